The van der Waals surface area contributed by atoms with Crippen LogP contribution in [0.2, 0.25) is 0 Å². The summed E-state index contributed by atoms with van der Waals surface area (Å²) in [5.41, 5.74) is 2.15. The standard InChI is InChI=1S/C34H55N2O3/c1-5-7-8-9-10-11-12-13-14-15-16-17-18-21-26-39-33-24-23-31(27-34(33)38-4)28-36(30(3)37)29-32-22-19-20-25-35(32)6-2/h19-20,22-25,27H,5-18,21,26,28-29H2,1-4H3/q+1. The van der Waals surface area contributed by atoms with Crippen LogP contribution in [0.25, 0.3) is 0 Å². The van der Waals surface area contributed by atoms with Gasteiger partial charge in [-0.2, -0.15) is 0 Å². The number of rotatable bonds is 22. The van der Waals surface area contributed by atoms with Crippen molar-refractivity contribution in [1.29, 1.82) is 0 Å². The van der Waals surface area contributed by atoms with Gasteiger partial charge in [0.05, 0.1) is 13.7 Å². The Labute approximate surface area is 238 Å². The van der Waals surface area contributed by atoms with Gasteiger partial charge in [-0.15, -0.1) is 0 Å². The monoisotopic (exact) mass is 539 g/mol. The van der Waals surface area contributed by atoms with Crippen molar-refractivity contribution in [2.75, 3.05) is 13.7 Å². The van der Waals surface area contributed by atoms with E-state index in [4.69, 9.17) is 9.47 Å². The number of benzene rings is 1. The van der Waals surface area contributed by atoms with Crippen molar-refractivity contribution in [2.24, 2.45) is 0 Å². The first-order chi connectivity index (χ1) is 19.1. The van der Waals surface area contributed by atoms with Crippen molar-refractivity contribution in [2.45, 2.75) is 130 Å². The van der Waals surface area contributed by atoms with E-state index < -0.39 is 0 Å². The second kappa shape index (κ2) is 20.4. The summed E-state index contributed by atoms with van der Waals surface area (Å²) < 4.78 is 13.9. The van der Waals surface area contributed by atoms with Gasteiger partial charge >= 0.3 is 0 Å². The van der Waals surface area contributed by atoms with E-state index in [2.05, 4.69) is 30.7 Å². The molecule has 0 fully saturated rings. The highest BCUT2D eigenvalue weighted by atomic mass is 16.5. The van der Waals surface area contributed by atoms with Gasteiger partial charge in [0.15, 0.2) is 17.7 Å². The fraction of sp³-hybridized carbons (Fsp3) is 0.647. The fourth-order valence-corrected chi connectivity index (χ4v) is 5.07. The van der Waals surface area contributed by atoms with Gasteiger partial charge in [-0.25, -0.2) is 4.57 Å². The second-order valence-electron chi connectivity index (χ2n) is 10.8. The van der Waals surface area contributed by atoms with Crippen molar-refractivity contribution in [3.05, 3.63) is 53.9 Å². The van der Waals surface area contributed by atoms with Crippen LogP contribution in [0.1, 0.15) is 122 Å². The Kier molecular flexibility index (Phi) is 17.0. The molecule has 39 heavy (non-hydrogen) atoms. The first kappa shape index (κ1) is 32.7. The van der Waals surface area contributed by atoms with Crippen molar-refractivity contribution in [3.8, 4) is 11.5 Å². The predicted molar refractivity (Wildman–Crippen MR) is 161 cm³/mol. The highest BCUT2D eigenvalue weighted by molar-refractivity contribution is 5.73. The number of carbonyl (C=O) groups is 1. The number of unbranched alkanes of at least 4 members (excludes halogenated alkanes) is 13. The zero-order valence-electron chi connectivity index (χ0n) is 25.4. The van der Waals surface area contributed by atoms with Gasteiger partial charge < -0.3 is 14.4 Å². The highest BCUT2D eigenvalue weighted by Crippen LogP contribution is 2.29. The van der Waals surface area contributed by atoms with E-state index in [1.54, 1.807) is 14.0 Å². The molecule has 0 saturated carbocycles. The summed E-state index contributed by atoms with van der Waals surface area (Å²) in [6.07, 6.45) is 21.0. The van der Waals surface area contributed by atoms with Crippen molar-refractivity contribution >= 4 is 5.91 Å². The SMILES string of the molecule is CCCCCCCCCCCCCCCCOc1ccc(CN(Cc2cccc[n+]2CC)C(C)=O)cc1OC. The third-order valence-corrected chi connectivity index (χ3v) is 7.53. The third kappa shape index (κ3) is 13.4. The van der Waals surface area contributed by atoms with Gasteiger partial charge in [0.2, 0.25) is 11.6 Å². The number of pyridine rings is 1. The third-order valence-electron chi connectivity index (χ3n) is 7.53. The van der Waals surface area contributed by atoms with E-state index in [-0.39, 0.29) is 5.91 Å². The number of methoxy groups -OCH3 is 1. The molecule has 0 unspecified atom stereocenters. The van der Waals surface area contributed by atoms with Gasteiger partial charge in [-0.05, 0) is 31.0 Å². The summed E-state index contributed by atoms with van der Waals surface area (Å²) in [7, 11) is 1.68. The Balaban J connectivity index is 1.66. The maximum absolute atomic E-state index is 12.4. The van der Waals surface area contributed by atoms with E-state index in [9.17, 15) is 4.79 Å². The van der Waals surface area contributed by atoms with E-state index in [1.807, 2.05) is 35.2 Å². The van der Waals surface area contributed by atoms with Gasteiger partial charge in [0.1, 0.15) is 13.1 Å². The number of aryl methyl sites for hydroxylation is 1. The summed E-state index contributed by atoms with van der Waals surface area (Å²) >= 11 is 0. The number of nitrogens with zero attached hydrogens (tertiary/aromatic N) is 2. The smallest absolute Gasteiger partial charge is 0.220 e. The summed E-state index contributed by atoms with van der Waals surface area (Å²) in [5, 5.41) is 0. The van der Waals surface area contributed by atoms with Crippen LogP contribution < -0.4 is 14.0 Å². The largest absolute Gasteiger partial charge is 0.493 e. The molecule has 2 aromatic rings. The average molecular weight is 540 g/mol. The molecule has 2 rings (SSSR count). The molecule has 0 aliphatic rings. The van der Waals surface area contributed by atoms with Crippen LogP contribution in [0.4, 0.5) is 0 Å². The number of hydrogen-bond donors (Lipinski definition) is 0. The summed E-state index contributed by atoms with van der Waals surface area (Å²) in [5.74, 6) is 1.56. The van der Waals surface area contributed by atoms with Gasteiger partial charge in [0.25, 0.3) is 0 Å². The Morgan fingerprint density at radius 3 is 1.95 bits per heavy atom. The minimum Gasteiger partial charge on any atom is -0.493 e. The van der Waals surface area contributed by atoms with Crippen molar-refractivity contribution in [1.82, 2.24) is 4.90 Å². The minimum atomic E-state index is 0.0543. The second-order valence-corrected chi connectivity index (χ2v) is 10.8. The molecule has 0 bridgehead atoms. The minimum absolute atomic E-state index is 0.0543. The topological polar surface area (TPSA) is 42.7 Å². The predicted octanol–water partition coefficient (Wildman–Crippen LogP) is 8.41. The van der Waals surface area contributed by atoms with Crippen LogP contribution in [0.15, 0.2) is 42.6 Å². The molecule has 5 heteroatoms. The fourth-order valence-electron chi connectivity index (χ4n) is 5.07. The first-order valence-electron chi connectivity index (χ1n) is 15.6. The molecule has 1 aromatic heterocycles. The summed E-state index contributed by atoms with van der Waals surface area (Å²) in [4.78, 5) is 14.3. The number of hydrogen-bond acceptors (Lipinski definition) is 3. The normalized spacial score (nSPS) is 11.0. The molecule has 0 aliphatic carbocycles. The van der Waals surface area contributed by atoms with Crippen LogP contribution >= 0.6 is 0 Å². The number of ether oxygens (including phenoxy) is 2. The Morgan fingerprint density at radius 1 is 0.769 bits per heavy atom. The van der Waals surface area contributed by atoms with Crippen molar-refractivity contribution in [3.63, 3.8) is 0 Å². The van der Waals surface area contributed by atoms with Gasteiger partial charge in [0, 0.05) is 25.6 Å². The van der Waals surface area contributed by atoms with Crippen LogP contribution in [0.5, 0.6) is 11.5 Å². The maximum Gasteiger partial charge on any atom is 0.220 e. The lowest BCUT2D eigenvalue weighted by Crippen LogP contribution is -2.40. The molecule has 1 heterocycles. The lowest BCUT2D eigenvalue weighted by molar-refractivity contribution is -0.701. The van der Waals surface area contributed by atoms with Gasteiger partial charge in [-0.3, -0.25) is 4.79 Å². The molecule has 0 spiro atoms. The maximum atomic E-state index is 12.4. The molecule has 1 aromatic carbocycles. The van der Waals surface area contributed by atoms with E-state index in [1.165, 1.54) is 83.5 Å². The van der Waals surface area contributed by atoms with Crippen LogP contribution in [0, 0.1) is 0 Å². The lowest BCUT2D eigenvalue weighted by Gasteiger charge is -2.21. The molecule has 0 N–H and O–H groups in total. The lowest BCUT2D eigenvalue weighted by atomic mass is 10.0. The molecular formula is C34H55N2O3+. The number of amides is 1. The molecule has 0 saturated heterocycles. The zero-order chi connectivity index (χ0) is 28.1. The molecule has 5 nitrogen and oxygen atoms in total. The van der Waals surface area contributed by atoms with E-state index in [0.29, 0.717) is 19.7 Å². The molecule has 0 radical (unpaired) electrons. The Hall–Kier alpha value is -2.56. The Bertz CT molecular complexity index is 930. The quantitative estimate of drug-likeness (QED) is 0.111. The zero-order valence-corrected chi connectivity index (χ0v) is 25.4. The molecule has 0 aliphatic heterocycles. The molecule has 1 amide bonds. The first-order valence-corrected chi connectivity index (χ1v) is 15.6. The summed E-state index contributed by atoms with van der Waals surface area (Å²) in [6, 6.07) is 12.1. The van der Waals surface area contributed by atoms with Crippen LogP contribution in [-0.2, 0) is 24.4 Å². The van der Waals surface area contributed by atoms with Crippen LogP contribution in [0.3, 0.4) is 0 Å². The van der Waals surface area contributed by atoms with E-state index >= 15 is 0 Å². The van der Waals surface area contributed by atoms with Gasteiger partial charge in [-0.1, -0.05) is 103 Å². The Morgan fingerprint density at radius 2 is 1.38 bits per heavy atom. The highest BCUT2D eigenvalue weighted by Gasteiger charge is 2.17. The van der Waals surface area contributed by atoms with Crippen molar-refractivity contribution < 1.29 is 18.8 Å². The molecule has 218 valence electrons. The average Bonchev–Trinajstić information content (AvgIpc) is 2.95. The number of carbonyl (C=O) groups excluding carboxylic acids is 1. The van der Waals surface area contributed by atoms with Crippen LogP contribution in [-0.4, -0.2) is 24.5 Å². The number of aromatic nitrogens is 1. The molecular weight excluding hydrogens is 484 g/mol. The molecule has 0 atom stereocenters. The summed E-state index contributed by atoms with van der Waals surface area (Å²) in [6.45, 7) is 8.71. The van der Waals surface area contributed by atoms with E-state index in [0.717, 1.165) is 35.7 Å².